The van der Waals surface area contributed by atoms with Crippen LogP contribution >= 0.6 is 0 Å². The van der Waals surface area contributed by atoms with E-state index in [2.05, 4.69) is 21.9 Å². The first-order valence-electron chi connectivity index (χ1n) is 12.7. The zero-order valence-corrected chi connectivity index (χ0v) is 20.4. The molecule has 9 nitrogen and oxygen atoms in total. The lowest BCUT2D eigenvalue weighted by molar-refractivity contribution is -0.143. The maximum Gasteiger partial charge on any atom is 0.217 e. The van der Waals surface area contributed by atoms with E-state index in [0.29, 0.717) is 74.5 Å². The number of nitrogens with zero attached hydrogens (tertiary/aromatic N) is 3. The SMILES string of the molecule is CN1CCC[C@H]1COc1cc(C2=COCCO2)nc(/C(N)=C2\CCC[C@@]3(CCCCC3=O)C2=O)n1. The van der Waals surface area contributed by atoms with E-state index in [1.54, 1.807) is 6.07 Å². The van der Waals surface area contributed by atoms with Crippen molar-refractivity contribution in [3.8, 4) is 5.88 Å². The van der Waals surface area contributed by atoms with Crippen LogP contribution in [0.1, 0.15) is 69.3 Å². The highest BCUT2D eigenvalue weighted by molar-refractivity contribution is 6.17. The maximum absolute atomic E-state index is 13.6. The highest BCUT2D eigenvalue weighted by atomic mass is 16.6. The summed E-state index contributed by atoms with van der Waals surface area (Å²) in [6.07, 6.45) is 8.39. The molecule has 1 spiro atoms. The summed E-state index contributed by atoms with van der Waals surface area (Å²) in [7, 11) is 2.09. The van der Waals surface area contributed by atoms with Crippen LogP contribution in [0.2, 0.25) is 0 Å². The normalized spacial score (nSPS) is 28.9. The smallest absolute Gasteiger partial charge is 0.217 e. The van der Waals surface area contributed by atoms with Crippen LogP contribution < -0.4 is 10.5 Å². The average Bonchev–Trinajstić information content (AvgIpc) is 3.30. The molecule has 9 heteroatoms. The minimum Gasteiger partial charge on any atom is -0.494 e. The van der Waals surface area contributed by atoms with Crippen molar-refractivity contribution in [3.05, 3.63) is 29.4 Å². The third-order valence-electron chi connectivity index (χ3n) is 7.80. The van der Waals surface area contributed by atoms with Gasteiger partial charge in [0.2, 0.25) is 5.88 Å². The third kappa shape index (κ3) is 4.66. The van der Waals surface area contributed by atoms with Gasteiger partial charge >= 0.3 is 0 Å². The largest absolute Gasteiger partial charge is 0.494 e. The van der Waals surface area contributed by atoms with Crippen LogP contribution in [0.5, 0.6) is 5.88 Å². The van der Waals surface area contributed by atoms with Crippen LogP contribution in [0.15, 0.2) is 17.9 Å². The van der Waals surface area contributed by atoms with Gasteiger partial charge in [0, 0.05) is 24.1 Å². The van der Waals surface area contributed by atoms with Crippen molar-refractivity contribution in [2.24, 2.45) is 11.1 Å². The van der Waals surface area contributed by atoms with Gasteiger partial charge in [-0.15, -0.1) is 0 Å². The Morgan fingerprint density at radius 2 is 2.03 bits per heavy atom. The number of carbonyl (C=O) groups excluding carboxylic acids is 2. The number of hydrogen-bond acceptors (Lipinski definition) is 9. The number of nitrogens with two attached hydrogens (primary N) is 1. The van der Waals surface area contributed by atoms with E-state index in [-0.39, 0.29) is 23.1 Å². The summed E-state index contributed by atoms with van der Waals surface area (Å²) in [5, 5.41) is 0. The first kappa shape index (κ1) is 23.8. The minimum atomic E-state index is -0.927. The van der Waals surface area contributed by atoms with Gasteiger partial charge in [-0.3, -0.25) is 9.59 Å². The Hall–Kier alpha value is -2.94. The predicted molar refractivity (Wildman–Crippen MR) is 129 cm³/mol. The summed E-state index contributed by atoms with van der Waals surface area (Å²) in [5.41, 5.74) is 6.80. The van der Waals surface area contributed by atoms with Crippen molar-refractivity contribution in [3.63, 3.8) is 0 Å². The molecule has 0 bridgehead atoms. The number of ketones is 2. The number of carbonyl (C=O) groups is 2. The van der Waals surface area contributed by atoms with Crippen LogP contribution in [-0.4, -0.2) is 65.9 Å². The first-order chi connectivity index (χ1) is 17.0. The molecule has 2 aliphatic heterocycles. The van der Waals surface area contributed by atoms with E-state index in [1.807, 2.05) is 0 Å². The van der Waals surface area contributed by atoms with Crippen molar-refractivity contribution in [1.82, 2.24) is 14.9 Å². The fourth-order valence-corrected chi connectivity index (χ4v) is 5.69. The lowest BCUT2D eigenvalue weighted by Crippen LogP contribution is -2.45. The summed E-state index contributed by atoms with van der Waals surface area (Å²) in [5.74, 6) is 0.962. The molecule has 5 rings (SSSR count). The number of aromatic nitrogens is 2. The average molecular weight is 483 g/mol. The summed E-state index contributed by atoms with van der Waals surface area (Å²) in [6, 6.07) is 2.03. The van der Waals surface area contributed by atoms with Crippen LogP contribution in [-0.2, 0) is 19.1 Å². The Bertz CT molecular complexity index is 1060. The Morgan fingerprint density at radius 1 is 1.17 bits per heavy atom. The second-order valence-corrected chi connectivity index (χ2v) is 9.99. The molecule has 3 fully saturated rings. The van der Waals surface area contributed by atoms with Crippen LogP contribution in [0.25, 0.3) is 11.5 Å². The monoisotopic (exact) mass is 482 g/mol. The molecule has 2 atom stereocenters. The second kappa shape index (κ2) is 9.97. The molecule has 188 valence electrons. The predicted octanol–water partition coefficient (Wildman–Crippen LogP) is 2.85. The number of likely N-dealkylation sites (tertiary alicyclic amines) is 1. The zero-order valence-electron chi connectivity index (χ0n) is 20.4. The number of ether oxygens (including phenoxy) is 3. The lowest BCUT2D eigenvalue weighted by atomic mass is 9.62. The molecule has 2 saturated carbocycles. The fraction of sp³-hybridized carbons (Fsp3) is 0.615. The molecule has 1 aromatic rings. The van der Waals surface area contributed by atoms with Crippen molar-refractivity contribution in [2.45, 2.75) is 63.8 Å². The van der Waals surface area contributed by atoms with Crippen LogP contribution in [0.3, 0.4) is 0 Å². The van der Waals surface area contributed by atoms with Gasteiger partial charge < -0.3 is 24.8 Å². The Kier molecular flexibility index (Phi) is 6.77. The highest BCUT2D eigenvalue weighted by Gasteiger charge is 2.49. The maximum atomic E-state index is 13.6. The molecule has 1 aromatic heterocycles. The topological polar surface area (TPSA) is 117 Å². The molecule has 2 aliphatic carbocycles. The summed E-state index contributed by atoms with van der Waals surface area (Å²) in [4.78, 5) is 38.0. The van der Waals surface area contributed by atoms with Gasteiger partial charge in [-0.1, -0.05) is 6.42 Å². The Balaban J connectivity index is 1.49. The molecule has 0 radical (unpaired) electrons. The number of rotatable bonds is 5. The van der Waals surface area contributed by atoms with Crippen LogP contribution in [0, 0.1) is 5.41 Å². The number of likely N-dealkylation sites (N-methyl/N-ethyl adjacent to an activating group) is 1. The van der Waals surface area contributed by atoms with E-state index in [0.717, 1.165) is 38.6 Å². The molecule has 35 heavy (non-hydrogen) atoms. The van der Waals surface area contributed by atoms with Gasteiger partial charge in [-0.25, -0.2) is 4.98 Å². The van der Waals surface area contributed by atoms with Gasteiger partial charge in [0.05, 0.1) is 11.1 Å². The van der Waals surface area contributed by atoms with Crippen molar-refractivity contribution >= 4 is 23.0 Å². The van der Waals surface area contributed by atoms with Crippen molar-refractivity contribution < 1.29 is 23.8 Å². The molecule has 0 unspecified atom stereocenters. The molecular weight excluding hydrogens is 448 g/mol. The highest BCUT2D eigenvalue weighted by Crippen LogP contribution is 2.45. The summed E-state index contributed by atoms with van der Waals surface area (Å²) in [6.45, 7) is 2.42. The van der Waals surface area contributed by atoms with E-state index in [4.69, 9.17) is 19.9 Å². The Morgan fingerprint density at radius 3 is 2.77 bits per heavy atom. The molecule has 0 amide bonds. The van der Waals surface area contributed by atoms with Crippen molar-refractivity contribution in [2.75, 3.05) is 33.4 Å². The number of Topliss-reactive ketones (excluding diaryl/α,β-unsaturated/α-hetero) is 2. The summed E-state index contributed by atoms with van der Waals surface area (Å²) < 4.78 is 17.2. The molecule has 4 aliphatic rings. The van der Waals surface area contributed by atoms with Gasteiger partial charge in [0.25, 0.3) is 0 Å². The molecular formula is C26H34N4O5. The number of allylic oxidation sites excluding steroid dienone is 1. The van der Waals surface area contributed by atoms with Gasteiger partial charge in [0.15, 0.2) is 17.4 Å². The van der Waals surface area contributed by atoms with Gasteiger partial charge in [-0.2, -0.15) is 4.98 Å². The van der Waals surface area contributed by atoms with E-state index in [9.17, 15) is 9.59 Å². The van der Waals surface area contributed by atoms with E-state index in [1.165, 1.54) is 6.26 Å². The quantitative estimate of drug-likeness (QED) is 0.499. The minimum absolute atomic E-state index is 0.0519. The summed E-state index contributed by atoms with van der Waals surface area (Å²) >= 11 is 0. The van der Waals surface area contributed by atoms with Crippen LogP contribution in [0.4, 0.5) is 0 Å². The molecule has 0 aromatic carbocycles. The standard InChI is InChI=1S/C26H34N4O5/c1-30-11-5-6-17(30)15-35-22-14-19(20-16-33-12-13-34-20)28-25(29-22)23(27)18-7-4-10-26(24(18)32)9-3-2-8-21(26)31/h14,16-17H,2-13,15,27H2,1H3/b23-18-/t17-,26+/m0/s1. The van der Waals surface area contributed by atoms with Crippen molar-refractivity contribution in [1.29, 1.82) is 0 Å². The van der Waals surface area contributed by atoms with E-state index >= 15 is 0 Å². The first-order valence-corrected chi connectivity index (χ1v) is 12.7. The third-order valence-corrected chi connectivity index (χ3v) is 7.80. The van der Waals surface area contributed by atoms with Gasteiger partial charge in [0.1, 0.15) is 37.6 Å². The zero-order chi connectivity index (χ0) is 24.4. The number of hydrogen-bond donors (Lipinski definition) is 1. The lowest BCUT2D eigenvalue weighted by Gasteiger charge is -2.38. The van der Waals surface area contributed by atoms with E-state index < -0.39 is 5.41 Å². The van der Waals surface area contributed by atoms with Gasteiger partial charge in [-0.05, 0) is 58.5 Å². The Labute approximate surface area is 205 Å². The fourth-order valence-electron chi connectivity index (χ4n) is 5.69. The molecule has 2 N–H and O–H groups in total. The second-order valence-electron chi connectivity index (χ2n) is 9.99. The molecule has 1 saturated heterocycles. The molecule has 3 heterocycles.